The number of hydrogen-bond donors (Lipinski definition) is 0. The second-order valence-corrected chi connectivity index (χ2v) is 9.86. The fraction of sp³-hybridized carbons (Fsp3) is 0.0714. The summed E-state index contributed by atoms with van der Waals surface area (Å²) in [7, 11) is 0. The zero-order valence-electron chi connectivity index (χ0n) is 18.4. The Morgan fingerprint density at radius 1 is 0.829 bits per heavy atom. The van der Waals surface area contributed by atoms with Crippen molar-refractivity contribution < 1.29 is 9.59 Å². The Balaban J connectivity index is 1.38. The Morgan fingerprint density at radius 3 is 2.46 bits per heavy atom. The number of imide groups is 1. The van der Waals surface area contributed by atoms with E-state index in [1.165, 1.54) is 16.7 Å². The van der Waals surface area contributed by atoms with Gasteiger partial charge >= 0.3 is 0 Å². The molecule has 1 saturated heterocycles. The number of thioether (sulfide) groups is 1. The molecule has 4 aromatic carbocycles. The first-order valence-electron chi connectivity index (χ1n) is 11.1. The average Bonchev–Trinajstić information content (AvgIpc) is 3.16. The highest BCUT2D eigenvalue weighted by molar-refractivity contribution is 8.00. The maximum absolute atomic E-state index is 13.4. The number of amides is 2. The first kappa shape index (κ1) is 21.8. The largest absolute Gasteiger partial charge is 0.274 e. The van der Waals surface area contributed by atoms with Crippen molar-refractivity contribution in [1.29, 1.82) is 0 Å². The number of fused-ring (bicyclic) bond motifs is 2. The molecular weight excluding hydrogens is 478 g/mol. The molecule has 1 aliphatic heterocycles. The lowest BCUT2D eigenvalue weighted by Gasteiger charge is -2.17. The highest BCUT2D eigenvalue weighted by Gasteiger charge is 2.41. The van der Waals surface area contributed by atoms with Crippen LogP contribution < -0.4 is 4.90 Å². The van der Waals surface area contributed by atoms with Gasteiger partial charge in [0.15, 0.2) is 5.16 Å². The Hall–Kier alpha value is -3.74. The SMILES string of the molecule is O=C1CC(Sc2nc(-c3ccccc3)c3cc(Cl)ccc3n2)C(=O)N1c1cccc2ccccc12. The van der Waals surface area contributed by atoms with E-state index in [1.54, 1.807) is 6.07 Å². The molecule has 2 heterocycles. The molecule has 0 bridgehead atoms. The number of anilines is 1. The van der Waals surface area contributed by atoms with Crippen LogP contribution >= 0.6 is 23.4 Å². The predicted molar refractivity (Wildman–Crippen MR) is 141 cm³/mol. The molecule has 2 amide bonds. The second-order valence-electron chi connectivity index (χ2n) is 8.26. The van der Waals surface area contributed by atoms with Crippen LogP contribution in [0.5, 0.6) is 0 Å². The van der Waals surface area contributed by atoms with Gasteiger partial charge in [-0.1, -0.05) is 90.1 Å². The number of carbonyl (C=O) groups excluding carboxylic acids is 2. The molecule has 0 aliphatic carbocycles. The quantitative estimate of drug-likeness (QED) is 0.209. The molecule has 0 saturated carbocycles. The molecule has 1 aromatic heterocycles. The van der Waals surface area contributed by atoms with E-state index < -0.39 is 5.25 Å². The maximum atomic E-state index is 13.4. The minimum Gasteiger partial charge on any atom is -0.274 e. The molecule has 5 aromatic rings. The fourth-order valence-corrected chi connectivity index (χ4v) is 5.58. The molecule has 1 aliphatic rings. The molecule has 170 valence electrons. The van der Waals surface area contributed by atoms with Crippen molar-refractivity contribution in [2.24, 2.45) is 0 Å². The van der Waals surface area contributed by atoms with Gasteiger partial charge in [0.25, 0.3) is 0 Å². The smallest absolute Gasteiger partial charge is 0.247 e. The molecule has 35 heavy (non-hydrogen) atoms. The first-order chi connectivity index (χ1) is 17.1. The van der Waals surface area contributed by atoms with E-state index in [9.17, 15) is 9.59 Å². The number of carbonyl (C=O) groups is 2. The van der Waals surface area contributed by atoms with Gasteiger partial charge in [0.2, 0.25) is 11.8 Å². The highest BCUT2D eigenvalue weighted by Crippen LogP contribution is 2.37. The normalized spacial score (nSPS) is 15.9. The summed E-state index contributed by atoms with van der Waals surface area (Å²) in [5.74, 6) is -0.475. The lowest BCUT2D eigenvalue weighted by Crippen LogP contribution is -2.31. The van der Waals surface area contributed by atoms with Gasteiger partial charge in [0.05, 0.1) is 16.9 Å². The molecule has 7 heteroatoms. The Kier molecular flexibility index (Phi) is 5.47. The highest BCUT2D eigenvalue weighted by atomic mass is 35.5. The van der Waals surface area contributed by atoms with Crippen molar-refractivity contribution in [3.63, 3.8) is 0 Å². The van der Waals surface area contributed by atoms with Crippen LogP contribution in [0, 0.1) is 0 Å². The monoisotopic (exact) mass is 495 g/mol. The van der Waals surface area contributed by atoms with E-state index in [4.69, 9.17) is 16.6 Å². The van der Waals surface area contributed by atoms with Crippen molar-refractivity contribution in [2.45, 2.75) is 16.8 Å². The minimum absolute atomic E-state index is 0.0927. The van der Waals surface area contributed by atoms with Gasteiger partial charge in [0.1, 0.15) is 5.25 Å². The third-order valence-electron chi connectivity index (χ3n) is 6.04. The van der Waals surface area contributed by atoms with Gasteiger partial charge in [-0.15, -0.1) is 0 Å². The van der Waals surface area contributed by atoms with E-state index in [0.29, 0.717) is 15.9 Å². The number of hydrogen-bond acceptors (Lipinski definition) is 5. The Bertz CT molecular complexity index is 1620. The van der Waals surface area contributed by atoms with Gasteiger partial charge in [-0.25, -0.2) is 14.9 Å². The van der Waals surface area contributed by atoms with Crippen molar-refractivity contribution in [1.82, 2.24) is 9.97 Å². The Morgan fingerprint density at radius 2 is 1.60 bits per heavy atom. The molecule has 5 nitrogen and oxygen atoms in total. The van der Waals surface area contributed by atoms with Gasteiger partial charge in [-0.05, 0) is 29.7 Å². The van der Waals surface area contributed by atoms with Gasteiger partial charge in [-0.2, -0.15) is 0 Å². The van der Waals surface area contributed by atoms with E-state index in [2.05, 4.69) is 4.98 Å². The summed E-state index contributed by atoms with van der Waals surface area (Å²) < 4.78 is 0. The van der Waals surface area contributed by atoms with Crippen molar-refractivity contribution in [3.05, 3.63) is 96.0 Å². The topological polar surface area (TPSA) is 63.2 Å². The summed E-state index contributed by atoms with van der Waals surface area (Å²) in [6.45, 7) is 0. The number of halogens is 1. The molecule has 0 N–H and O–H groups in total. The number of rotatable bonds is 4. The second kappa shape index (κ2) is 8.80. The van der Waals surface area contributed by atoms with E-state index in [-0.39, 0.29) is 18.2 Å². The van der Waals surface area contributed by atoms with Crippen LogP contribution in [0.2, 0.25) is 5.02 Å². The fourth-order valence-electron chi connectivity index (χ4n) is 4.43. The molecular formula is C28H18ClN3O2S. The van der Waals surface area contributed by atoms with Gasteiger partial charge in [0, 0.05) is 27.8 Å². The molecule has 1 atom stereocenters. The van der Waals surface area contributed by atoms with Crippen LogP contribution in [0.3, 0.4) is 0 Å². The maximum Gasteiger partial charge on any atom is 0.247 e. The summed E-state index contributed by atoms with van der Waals surface area (Å²) in [5, 5.41) is 3.12. The first-order valence-corrected chi connectivity index (χ1v) is 12.4. The summed E-state index contributed by atoms with van der Waals surface area (Å²) in [5.41, 5.74) is 3.01. The van der Waals surface area contributed by atoms with Crippen LogP contribution in [0.15, 0.2) is 96.2 Å². The zero-order valence-corrected chi connectivity index (χ0v) is 20.0. The summed E-state index contributed by atoms with van der Waals surface area (Å²) in [6, 6.07) is 28.7. The molecule has 1 unspecified atom stereocenters. The van der Waals surface area contributed by atoms with Crippen LogP contribution in [-0.4, -0.2) is 27.0 Å². The number of nitrogens with zero attached hydrogens (tertiary/aromatic N) is 3. The minimum atomic E-state index is -0.602. The van der Waals surface area contributed by atoms with Crippen LogP contribution in [0.1, 0.15) is 6.42 Å². The van der Waals surface area contributed by atoms with Gasteiger partial charge < -0.3 is 0 Å². The van der Waals surface area contributed by atoms with E-state index in [0.717, 1.165) is 32.9 Å². The molecule has 1 fully saturated rings. The molecule has 0 spiro atoms. The standard InChI is InChI=1S/C28H18ClN3O2S/c29-19-13-14-22-21(15-19)26(18-8-2-1-3-9-18)31-28(30-22)35-24-16-25(33)32(27(24)34)23-12-6-10-17-7-4-5-11-20(17)23/h1-15,24H,16H2. The average molecular weight is 496 g/mol. The molecule has 0 radical (unpaired) electrons. The van der Waals surface area contributed by atoms with Crippen LogP contribution in [0.25, 0.3) is 32.9 Å². The van der Waals surface area contributed by atoms with Crippen molar-refractivity contribution >= 4 is 62.5 Å². The predicted octanol–water partition coefficient (Wildman–Crippen LogP) is 6.53. The Labute approximate surface area is 210 Å². The third kappa shape index (κ3) is 3.95. The lowest BCUT2D eigenvalue weighted by molar-refractivity contribution is -0.121. The summed E-state index contributed by atoms with van der Waals surface area (Å²) in [6.07, 6.45) is 0.0927. The van der Waals surface area contributed by atoms with Crippen molar-refractivity contribution in [2.75, 3.05) is 4.90 Å². The third-order valence-corrected chi connectivity index (χ3v) is 7.33. The molecule has 6 rings (SSSR count). The van der Waals surface area contributed by atoms with Crippen molar-refractivity contribution in [3.8, 4) is 11.3 Å². The zero-order chi connectivity index (χ0) is 23.9. The van der Waals surface area contributed by atoms with Gasteiger partial charge in [-0.3, -0.25) is 9.59 Å². The van der Waals surface area contributed by atoms with E-state index >= 15 is 0 Å². The number of aromatic nitrogens is 2. The number of benzene rings is 4. The van der Waals surface area contributed by atoms with Crippen LogP contribution in [0.4, 0.5) is 5.69 Å². The summed E-state index contributed by atoms with van der Waals surface area (Å²) in [4.78, 5) is 37.2. The summed E-state index contributed by atoms with van der Waals surface area (Å²) >= 11 is 7.49. The van der Waals surface area contributed by atoms with Crippen LogP contribution in [-0.2, 0) is 9.59 Å². The van der Waals surface area contributed by atoms with E-state index in [1.807, 2.05) is 84.9 Å². The lowest BCUT2D eigenvalue weighted by atomic mass is 10.1.